The van der Waals surface area contributed by atoms with Crippen LogP contribution < -0.4 is 21.2 Å². The molecule has 0 radical (unpaired) electrons. The molecule has 0 spiro atoms. The van der Waals surface area contributed by atoms with Crippen molar-refractivity contribution in [1.82, 2.24) is 15.2 Å². The van der Waals surface area contributed by atoms with Crippen LogP contribution >= 0.6 is 22.9 Å². The van der Waals surface area contributed by atoms with Gasteiger partial charge in [-0.1, -0.05) is 23.7 Å². The number of nitrogens with one attached hydrogen (secondary N) is 2. The standard InChI is InChI=1S/C24H25ClN4S/c1-16-12-21-23(22-18(5-3-9-27-22)14-28-24(21)30-16)29-11-10-26-20(15-29)8-7-17-4-2-6-19(25)13-17/h2-6,9,12-14,20,26,28H,7-8,10-11,15H2,1H3. The molecule has 0 bridgehead atoms. The van der Waals surface area contributed by atoms with Gasteiger partial charge >= 0.3 is 0 Å². The maximum atomic E-state index is 6.16. The quantitative estimate of drug-likeness (QED) is 0.658. The molecular weight excluding hydrogens is 412 g/mol. The molecule has 1 saturated heterocycles. The SMILES string of the molecule is Cc1cc2c(s1)NC=c1cccnc1=C2N1CCNC(CCc2cccc(Cl)c2)C1. The Morgan fingerprint density at radius 2 is 2.17 bits per heavy atom. The fraction of sp³-hybridized carbons (Fsp3) is 0.292. The van der Waals surface area contributed by atoms with Gasteiger partial charge in [0.25, 0.3) is 0 Å². The average Bonchev–Trinajstić information content (AvgIpc) is 3.05. The first kappa shape index (κ1) is 19.6. The molecule has 2 aromatic heterocycles. The van der Waals surface area contributed by atoms with E-state index in [4.69, 9.17) is 16.6 Å². The summed E-state index contributed by atoms with van der Waals surface area (Å²) < 4.78 is 0. The molecule has 2 aliphatic heterocycles. The molecule has 4 heterocycles. The van der Waals surface area contributed by atoms with E-state index in [1.807, 2.05) is 24.4 Å². The maximum absolute atomic E-state index is 6.16. The molecular formula is C24H25ClN4S. The largest absolute Gasteiger partial charge is 0.366 e. The Kier molecular flexibility index (Phi) is 5.50. The molecule has 2 N–H and O–H groups in total. The lowest BCUT2D eigenvalue weighted by atomic mass is 10.0. The summed E-state index contributed by atoms with van der Waals surface area (Å²) >= 11 is 7.97. The number of aromatic nitrogens is 1. The third kappa shape index (κ3) is 3.97. The molecule has 0 aliphatic carbocycles. The summed E-state index contributed by atoms with van der Waals surface area (Å²) in [6, 6.07) is 15.1. The zero-order valence-corrected chi connectivity index (χ0v) is 18.6. The third-order valence-corrected chi connectivity index (χ3v) is 6.99. The summed E-state index contributed by atoms with van der Waals surface area (Å²) in [4.78, 5) is 8.63. The number of fused-ring (bicyclic) bond motifs is 2. The van der Waals surface area contributed by atoms with Crippen molar-refractivity contribution in [2.24, 2.45) is 0 Å². The van der Waals surface area contributed by atoms with Crippen molar-refractivity contribution in [3.05, 3.63) is 80.3 Å². The summed E-state index contributed by atoms with van der Waals surface area (Å²) in [5, 5.41) is 11.4. The topological polar surface area (TPSA) is 40.2 Å². The highest BCUT2D eigenvalue weighted by molar-refractivity contribution is 7.16. The van der Waals surface area contributed by atoms with E-state index >= 15 is 0 Å². The van der Waals surface area contributed by atoms with E-state index in [0.717, 1.165) is 48.1 Å². The lowest BCUT2D eigenvalue weighted by Crippen LogP contribution is -2.51. The number of hydrogen-bond donors (Lipinski definition) is 2. The van der Waals surface area contributed by atoms with Gasteiger partial charge in [-0.3, -0.25) is 4.98 Å². The molecule has 154 valence electrons. The summed E-state index contributed by atoms with van der Waals surface area (Å²) in [5.41, 5.74) is 3.81. The van der Waals surface area contributed by atoms with Crippen LogP contribution in [0.5, 0.6) is 0 Å². The van der Waals surface area contributed by atoms with Gasteiger partial charge < -0.3 is 15.5 Å². The number of thiophene rings is 1. The number of halogens is 1. The second-order valence-electron chi connectivity index (χ2n) is 7.94. The van der Waals surface area contributed by atoms with Crippen molar-refractivity contribution < 1.29 is 0 Å². The molecule has 6 heteroatoms. The Bertz CT molecular complexity index is 1190. The van der Waals surface area contributed by atoms with Gasteiger partial charge in [0.15, 0.2) is 0 Å². The fourth-order valence-corrected chi connectivity index (χ4v) is 5.47. The van der Waals surface area contributed by atoms with Crippen LogP contribution in [0.4, 0.5) is 5.00 Å². The molecule has 5 rings (SSSR count). The zero-order chi connectivity index (χ0) is 20.5. The van der Waals surface area contributed by atoms with Gasteiger partial charge in [0.1, 0.15) is 5.00 Å². The number of anilines is 1. The number of hydrogen-bond acceptors (Lipinski definition) is 5. The van der Waals surface area contributed by atoms with E-state index in [-0.39, 0.29) is 0 Å². The van der Waals surface area contributed by atoms with Gasteiger partial charge in [-0.05, 0) is 55.7 Å². The molecule has 4 nitrogen and oxygen atoms in total. The van der Waals surface area contributed by atoms with Crippen LogP contribution in [0.25, 0.3) is 11.9 Å². The van der Waals surface area contributed by atoms with E-state index in [1.54, 1.807) is 11.3 Å². The Labute approximate surface area is 185 Å². The molecule has 0 saturated carbocycles. The molecule has 3 aromatic rings. The molecule has 0 amide bonds. The van der Waals surface area contributed by atoms with Crippen molar-refractivity contribution in [3.8, 4) is 0 Å². The monoisotopic (exact) mass is 436 g/mol. The first-order chi connectivity index (χ1) is 14.7. The second-order valence-corrected chi connectivity index (χ2v) is 9.64. The number of benzene rings is 1. The molecule has 1 aromatic carbocycles. The second kappa shape index (κ2) is 8.42. The Balaban J connectivity index is 1.45. The van der Waals surface area contributed by atoms with Crippen LogP contribution in [0, 0.1) is 6.92 Å². The average molecular weight is 437 g/mol. The highest BCUT2D eigenvalue weighted by Gasteiger charge is 2.26. The molecule has 30 heavy (non-hydrogen) atoms. The van der Waals surface area contributed by atoms with E-state index in [1.165, 1.54) is 26.7 Å². The van der Waals surface area contributed by atoms with Crippen molar-refractivity contribution >= 4 is 39.8 Å². The first-order valence-electron chi connectivity index (χ1n) is 10.4. The minimum atomic E-state index is 0.431. The van der Waals surface area contributed by atoms with Gasteiger partial charge in [0, 0.05) is 58.8 Å². The van der Waals surface area contributed by atoms with Crippen LogP contribution in [0.2, 0.25) is 5.02 Å². The number of nitrogens with zero attached hydrogens (tertiary/aromatic N) is 2. The maximum Gasteiger partial charge on any atom is 0.102 e. The van der Waals surface area contributed by atoms with E-state index < -0.39 is 0 Å². The smallest absolute Gasteiger partial charge is 0.102 e. The van der Waals surface area contributed by atoms with Crippen molar-refractivity contribution in [2.75, 3.05) is 25.0 Å². The predicted molar refractivity (Wildman–Crippen MR) is 126 cm³/mol. The predicted octanol–water partition coefficient (Wildman–Crippen LogP) is 3.33. The van der Waals surface area contributed by atoms with Gasteiger partial charge in [-0.2, -0.15) is 0 Å². The lowest BCUT2D eigenvalue weighted by molar-refractivity contribution is 0.268. The number of rotatable bonds is 4. The van der Waals surface area contributed by atoms with E-state index in [2.05, 4.69) is 52.9 Å². The number of pyridine rings is 1. The van der Waals surface area contributed by atoms with E-state index in [0.29, 0.717) is 6.04 Å². The van der Waals surface area contributed by atoms with Crippen LogP contribution in [-0.2, 0) is 6.42 Å². The highest BCUT2D eigenvalue weighted by atomic mass is 35.5. The first-order valence-corrected chi connectivity index (χ1v) is 11.6. The Morgan fingerprint density at radius 1 is 1.23 bits per heavy atom. The number of aryl methyl sites for hydroxylation is 2. The lowest BCUT2D eigenvalue weighted by Gasteiger charge is -2.36. The van der Waals surface area contributed by atoms with Gasteiger partial charge in [0.2, 0.25) is 0 Å². The highest BCUT2D eigenvalue weighted by Crippen LogP contribution is 2.34. The van der Waals surface area contributed by atoms with Gasteiger partial charge in [-0.15, -0.1) is 11.3 Å². The van der Waals surface area contributed by atoms with Crippen molar-refractivity contribution in [3.63, 3.8) is 0 Å². The van der Waals surface area contributed by atoms with Crippen molar-refractivity contribution in [2.45, 2.75) is 25.8 Å². The van der Waals surface area contributed by atoms with Gasteiger partial charge in [0.05, 0.1) is 11.0 Å². The normalized spacial score (nSPS) is 18.1. The minimum Gasteiger partial charge on any atom is -0.366 e. The molecule has 1 unspecified atom stereocenters. The zero-order valence-electron chi connectivity index (χ0n) is 17.0. The minimum absolute atomic E-state index is 0.431. The molecule has 1 fully saturated rings. The Morgan fingerprint density at radius 3 is 3.07 bits per heavy atom. The van der Waals surface area contributed by atoms with Crippen LogP contribution in [0.15, 0.2) is 48.7 Å². The molecule has 1 atom stereocenters. The van der Waals surface area contributed by atoms with Crippen LogP contribution in [-0.4, -0.2) is 35.6 Å². The van der Waals surface area contributed by atoms with Gasteiger partial charge in [-0.25, -0.2) is 0 Å². The summed E-state index contributed by atoms with van der Waals surface area (Å²) in [6.07, 6.45) is 6.09. The Hall–Kier alpha value is -2.34. The summed E-state index contributed by atoms with van der Waals surface area (Å²) in [6.45, 7) is 5.10. The fourth-order valence-electron chi connectivity index (χ4n) is 4.38. The summed E-state index contributed by atoms with van der Waals surface area (Å²) in [7, 11) is 0. The van der Waals surface area contributed by atoms with E-state index in [9.17, 15) is 0 Å². The number of piperazine rings is 1. The summed E-state index contributed by atoms with van der Waals surface area (Å²) in [5.74, 6) is 0. The third-order valence-electron chi connectivity index (χ3n) is 5.77. The van der Waals surface area contributed by atoms with Crippen LogP contribution in [0.3, 0.4) is 0 Å². The van der Waals surface area contributed by atoms with Crippen LogP contribution in [0.1, 0.15) is 22.4 Å². The van der Waals surface area contributed by atoms with Crippen molar-refractivity contribution in [1.29, 1.82) is 0 Å². The molecule has 2 aliphatic rings.